The van der Waals surface area contributed by atoms with Gasteiger partial charge in [-0.05, 0) is 103 Å². The molecule has 1 heteroatoms. The number of hydrogen-bond acceptors (Lipinski definition) is 0. The second-order valence-electron chi connectivity index (χ2n) is 12.8. The summed E-state index contributed by atoms with van der Waals surface area (Å²) in [6.45, 7) is 10.1. The van der Waals surface area contributed by atoms with E-state index in [-0.39, 0.29) is 5.04 Å². The highest BCUT2D eigenvalue weighted by molar-refractivity contribution is 6.87. The van der Waals surface area contributed by atoms with Crippen molar-refractivity contribution < 1.29 is 0 Å². The highest BCUT2D eigenvalue weighted by atomic mass is 28.3. The van der Waals surface area contributed by atoms with Crippen molar-refractivity contribution in [2.45, 2.75) is 77.2 Å². The molecule has 0 saturated heterocycles. The van der Waals surface area contributed by atoms with Gasteiger partial charge in [0, 0.05) is 0 Å². The topological polar surface area (TPSA) is 0 Å². The van der Waals surface area contributed by atoms with Gasteiger partial charge in [-0.2, -0.15) is 0 Å². The van der Waals surface area contributed by atoms with Crippen LogP contribution in [0, 0.1) is 37.0 Å². The fraction of sp³-hybridized carbons (Fsp3) is 0.471. The van der Waals surface area contributed by atoms with Gasteiger partial charge in [-0.15, -0.1) is 0 Å². The summed E-state index contributed by atoms with van der Waals surface area (Å²) in [5.74, 6) is 3.49. The summed E-state index contributed by atoms with van der Waals surface area (Å²) in [6.07, 6.45) is 8.90. The van der Waals surface area contributed by atoms with Gasteiger partial charge in [0.05, 0.1) is 0 Å². The molecule has 181 valence electrons. The molecule has 7 rings (SSSR count). The van der Waals surface area contributed by atoms with Crippen LogP contribution in [0.15, 0.2) is 78.9 Å². The molecule has 4 bridgehead atoms. The molecule has 0 aromatic heterocycles. The van der Waals surface area contributed by atoms with Gasteiger partial charge in [-0.1, -0.05) is 103 Å². The van der Waals surface area contributed by atoms with E-state index in [1.165, 1.54) is 49.7 Å². The van der Waals surface area contributed by atoms with Crippen LogP contribution in [0.4, 0.5) is 0 Å². The Hall–Kier alpha value is -2.12. The van der Waals surface area contributed by atoms with Crippen molar-refractivity contribution in [2.75, 3.05) is 0 Å². The molecule has 4 saturated carbocycles. The van der Waals surface area contributed by atoms with Gasteiger partial charge >= 0.3 is 0 Å². The maximum absolute atomic E-state index is 2.66. The zero-order valence-corrected chi connectivity index (χ0v) is 23.1. The summed E-state index contributed by atoms with van der Waals surface area (Å²) >= 11 is 0. The average Bonchev–Trinajstić information content (AvgIpc) is 2.82. The largest absolute Gasteiger partial charge is 0.127 e. The molecule has 1 radical (unpaired) electrons. The second kappa shape index (κ2) is 8.77. The predicted molar refractivity (Wildman–Crippen MR) is 151 cm³/mol. The molecule has 0 heterocycles. The molecule has 0 amide bonds. The summed E-state index contributed by atoms with van der Waals surface area (Å²) in [4.78, 5) is 0. The molecule has 4 aliphatic carbocycles. The normalized spacial score (nSPS) is 28.4. The molecule has 3 aromatic carbocycles. The number of benzene rings is 3. The average molecular weight is 478 g/mol. The highest BCUT2D eigenvalue weighted by Gasteiger charge is 2.59. The minimum absolute atomic E-state index is 0.177. The van der Waals surface area contributed by atoms with Crippen LogP contribution < -0.4 is 10.4 Å². The first-order valence-electron chi connectivity index (χ1n) is 13.9. The standard InChI is InChI=1S/C34H41Si/c1-24-12-11-13-25(2)31(24)32(34-21-26-18-27(22-34)20-28(19-26)23-34)33(3,4)35(29-14-7-5-8-15-29)30-16-9-6-10-17-30/h5-17,26-28,32H,18-23H2,1-4H3. The lowest BCUT2D eigenvalue weighted by Gasteiger charge is -2.63. The summed E-state index contributed by atoms with van der Waals surface area (Å²) < 4.78 is 0. The van der Waals surface area contributed by atoms with Crippen LogP contribution in [0.5, 0.6) is 0 Å². The Labute approximate surface area is 214 Å². The molecular formula is C34H41Si. The zero-order chi connectivity index (χ0) is 24.2. The first kappa shape index (κ1) is 23.3. The van der Waals surface area contributed by atoms with E-state index in [9.17, 15) is 0 Å². The minimum atomic E-state index is -1.05. The van der Waals surface area contributed by atoms with Gasteiger partial charge in [-0.25, -0.2) is 0 Å². The first-order valence-corrected chi connectivity index (χ1v) is 15.4. The Kier molecular flexibility index (Phi) is 5.83. The molecule has 1 atom stereocenters. The number of hydrogen-bond donors (Lipinski definition) is 0. The quantitative estimate of drug-likeness (QED) is 0.319. The van der Waals surface area contributed by atoms with E-state index in [0.29, 0.717) is 11.3 Å². The van der Waals surface area contributed by atoms with Crippen molar-refractivity contribution in [3.05, 3.63) is 95.6 Å². The smallest absolute Gasteiger partial charge is 0.0628 e. The molecule has 4 fully saturated rings. The molecule has 0 nitrogen and oxygen atoms in total. The third-order valence-corrected chi connectivity index (χ3v) is 13.4. The summed E-state index contributed by atoms with van der Waals surface area (Å²) in [5.41, 5.74) is 5.17. The van der Waals surface area contributed by atoms with E-state index < -0.39 is 8.80 Å². The van der Waals surface area contributed by atoms with Crippen LogP contribution in [0.1, 0.15) is 75.0 Å². The molecule has 35 heavy (non-hydrogen) atoms. The fourth-order valence-electron chi connectivity index (χ4n) is 9.51. The van der Waals surface area contributed by atoms with Crippen LogP contribution in [0.2, 0.25) is 5.04 Å². The van der Waals surface area contributed by atoms with E-state index in [1.807, 2.05) is 0 Å². The minimum Gasteiger partial charge on any atom is -0.0628 e. The van der Waals surface area contributed by atoms with E-state index in [0.717, 1.165) is 17.8 Å². The van der Waals surface area contributed by atoms with Crippen molar-refractivity contribution in [1.29, 1.82) is 0 Å². The zero-order valence-electron chi connectivity index (χ0n) is 22.1. The molecule has 4 aliphatic rings. The number of aryl methyl sites for hydroxylation is 2. The maximum Gasteiger partial charge on any atom is 0.127 e. The lowest BCUT2D eigenvalue weighted by atomic mass is 9.44. The van der Waals surface area contributed by atoms with Crippen molar-refractivity contribution in [2.24, 2.45) is 23.2 Å². The fourth-order valence-corrected chi connectivity index (χ4v) is 13.1. The summed E-state index contributed by atoms with van der Waals surface area (Å²) in [6, 6.07) is 30.2. The molecular weight excluding hydrogens is 436 g/mol. The van der Waals surface area contributed by atoms with E-state index in [4.69, 9.17) is 0 Å². The molecule has 1 unspecified atom stereocenters. The molecule has 0 N–H and O–H groups in total. The predicted octanol–water partition coefficient (Wildman–Crippen LogP) is 7.69. The van der Waals surface area contributed by atoms with Gasteiger partial charge in [0.25, 0.3) is 0 Å². The molecule has 3 aromatic rings. The van der Waals surface area contributed by atoms with Gasteiger partial charge in [0.15, 0.2) is 0 Å². The van der Waals surface area contributed by atoms with Gasteiger partial charge < -0.3 is 0 Å². The van der Waals surface area contributed by atoms with Crippen molar-refractivity contribution in [3.8, 4) is 0 Å². The van der Waals surface area contributed by atoms with E-state index >= 15 is 0 Å². The van der Waals surface area contributed by atoms with Crippen LogP contribution in [0.3, 0.4) is 0 Å². The summed E-state index contributed by atoms with van der Waals surface area (Å²) in [7, 11) is -1.05. The summed E-state index contributed by atoms with van der Waals surface area (Å²) in [5, 5.41) is 3.31. The van der Waals surface area contributed by atoms with Crippen LogP contribution in [-0.4, -0.2) is 8.80 Å². The van der Waals surface area contributed by atoms with Gasteiger partial charge in [-0.3, -0.25) is 0 Å². The van der Waals surface area contributed by atoms with Crippen molar-refractivity contribution >= 4 is 19.2 Å². The Morgan fingerprint density at radius 3 is 1.51 bits per heavy atom. The Bertz CT molecular complexity index is 1080. The van der Waals surface area contributed by atoms with Crippen LogP contribution in [-0.2, 0) is 0 Å². The maximum atomic E-state index is 2.66. The lowest BCUT2D eigenvalue weighted by molar-refractivity contribution is -0.0754. The number of rotatable bonds is 6. The highest BCUT2D eigenvalue weighted by Crippen LogP contribution is 2.69. The van der Waals surface area contributed by atoms with Crippen molar-refractivity contribution in [1.82, 2.24) is 0 Å². The Morgan fingerprint density at radius 1 is 0.657 bits per heavy atom. The first-order chi connectivity index (χ1) is 16.9. The second-order valence-corrected chi connectivity index (χ2v) is 16.0. The third kappa shape index (κ3) is 3.95. The third-order valence-electron chi connectivity index (χ3n) is 10.0. The molecule has 0 spiro atoms. The van der Waals surface area contributed by atoms with Crippen molar-refractivity contribution in [3.63, 3.8) is 0 Å². The SMILES string of the molecule is Cc1cccc(C)c1C(C12CC3CC(CC(C3)C1)C2)C(C)(C)[Si](c1ccccc1)c1ccccc1. The van der Waals surface area contributed by atoms with Gasteiger partial charge in [0.1, 0.15) is 8.80 Å². The van der Waals surface area contributed by atoms with E-state index in [1.54, 1.807) is 15.9 Å². The Balaban J connectivity index is 1.57. The lowest BCUT2D eigenvalue weighted by Crippen LogP contribution is -2.58. The Morgan fingerprint density at radius 2 is 1.09 bits per heavy atom. The molecule has 0 aliphatic heterocycles. The van der Waals surface area contributed by atoms with Crippen LogP contribution in [0.25, 0.3) is 0 Å². The van der Waals surface area contributed by atoms with Crippen LogP contribution >= 0.6 is 0 Å². The monoisotopic (exact) mass is 477 g/mol. The van der Waals surface area contributed by atoms with E-state index in [2.05, 4.69) is 107 Å². The van der Waals surface area contributed by atoms with Gasteiger partial charge in [0.2, 0.25) is 0 Å².